The van der Waals surface area contributed by atoms with Gasteiger partial charge in [-0.3, -0.25) is 4.79 Å². The van der Waals surface area contributed by atoms with E-state index in [1.54, 1.807) is 0 Å². The Morgan fingerprint density at radius 2 is 2.00 bits per heavy atom. The number of carbonyl (C=O) groups is 1. The van der Waals surface area contributed by atoms with Gasteiger partial charge in [-0.1, -0.05) is 5.57 Å². The standard InChI is InChI=1S/C12H21NO2/c1-10(2)3-4-11(14)12(9-13)5-7-15-8-6-12/h1,3-9,13H2,2H3. The van der Waals surface area contributed by atoms with Crippen molar-refractivity contribution in [2.75, 3.05) is 19.8 Å². The first kappa shape index (κ1) is 12.4. The fraction of sp³-hybridized carbons (Fsp3) is 0.750. The number of carbonyl (C=O) groups excluding carboxylic acids is 1. The normalized spacial score (nSPS) is 19.9. The number of nitrogens with two attached hydrogens (primary N) is 1. The van der Waals surface area contributed by atoms with Gasteiger partial charge in [-0.25, -0.2) is 0 Å². The Morgan fingerprint density at radius 3 is 2.47 bits per heavy atom. The zero-order valence-corrected chi connectivity index (χ0v) is 9.55. The molecule has 2 N–H and O–H groups in total. The molecule has 1 fully saturated rings. The highest BCUT2D eigenvalue weighted by Crippen LogP contribution is 2.32. The van der Waals surface area contributed by atoms with Crippen LogP contribution in [0.25, 0.3) is 0 Å². The van der Waals surface area contributed by atoms with E-state index >= 15 is 0 Å². The predicted molar refractivity (Wildman–Crippen MR) is 60.6 cm³/mol. The van der Waals surface area contributed by atoms with Crippen molar-refractivity contribution in [3.05, 3.63) is 12.2 Å². The summed E-state index contributed by atoms with van der Waals surface area (Å²) in [6, 6.07) is 0. The molecule has 3 nitrogen and oxygen atoms in total. The molecule has 0 radical (unpaired) electrons. The molecule has 1 rings (SSSR count). The maximum Gasteiger partial charge on any atom is 0.140 e. The predicted octanol–water partition coefficient (Wildman–Crippen LogP) is 1.67. The molecule has 1 aliphatic heterocycles. The molecule has 1 aliphatic rings. The second-order valence-corrected chi connectivity index (χ2v) is 4.48. The van der Waals surface area contributed by atoms with Gasteiger partial charge in [0, 0.05) is 31.6 Å². The summed E-state index contributed by atoms with van der Waals surface area (Å²) in [7, 11) is 0. The molecule has 0 spiro atoms. The van der Waals surface area contributed by atoms with Crippen molar-refractivity contribution < 1.29 is 9.53 Å². The molecule has 15 heavy (non-hydrogen) atoms. The first-order chi connectivity index (χ1) is 7.10. The number of allylic oxidation sites excluding steroid dienone is 1. The Kier molecular flexibility index (Phi) is 4.48. The average molecular weight is 211 g/mol. The number of hydrogen-bond acceptors (Lipinski definition) is 3. The van der Waals surface area contributed by atoms with E-state index < -0.39 is 0 Å². The molecule has 0 unspecified atom stereocenters. The van der Waals surface area contributed by atoms with Crippen molar-refractivity contribution in [3.63, 3.8) is 0 Å². The van der Waals surface area contributed by atoms with Crippen molar-refractivity contribution in [2.45, 2.75) is 32.6 Å². The van der Waals surface area contributed by atoms with Gasteiger partial charge in [-0.05, 0) is 26.2 Å². The van der Waals surface area contributed by atoms with Crippen LogP contribution >= 0.6 is 0 Å². The minimum absolute atomic E-state index is 0.288. The van der Waals surface area contributed by atoms with Gasteiger partial charge in [0.05, 0.1) is 0 Å². The Morgan fingerprint density at radius 1 is 1.40 bits per heavy atom. The van der Waals surface area contributed by atoms with Crippen molar-refractivity contribution in [2.24, 2.45) is 11.1 Å². The maximum absolute atomic E-state index is 12.1. The van der Waals surface area contributed by atoms with E-state index in [2.05, 4.69) is 6.58 Å². The molecule has 0 aromatic rings. The molecule has 0 aromatic heterocycles. The van der Waals surface area contributed by atoms with Crippen LogP contribution < -0.4 is 5.73 Å². The smallest absolute Gasteiger partial charge is 0.140 e. The lowest BCUT2D eigenvalue weighted by atomic mass is 9.75. The van der Waals surface area contributed by atoms with Crippen LogP contribution in [-0.2, 0) is 9.53 Å². The molecular weight excluding hydrogens is 190 g/mol. The summed E-state index contributed by atoms with van der Waals surface area (Å²) in [4.78, 5) is 12.1. The first-order valence-electron chi connectivity index (χ1n) is 5.56. The van der Waals surface area contributed by atoms with E-state index in [-0.39, 0.29) is 11.2 Å². The second-order valence-electron chi connectivity index (χ2n) is 4.48. The van der Waals surface area contributed by atoms with Crippen LogP contribution in [0.2, 0.25) is 0 Å². The van der Waals surface area contributed by atoms with Gasteiger partial charge >= 0.3 is 0 Å². The Labute approximate surface area is 91.7 Å². The highest BCUT2D eigenvalue weighted by molar-refractivity contribution is 5.85. The van der Waals surface area contributed by atoms with Crippen LogP contribution in [0.5, 0.6) is 0 Å². The van der Waals surface area contributed by atoms with E-state index in [4.69, 9.17) is 10.5 Å². The zero-order chi connectivity index (χ0) is 11.3. The Bertz CT molecular complexity index is 242. The monoisotopic (exact) mass is 211 g/mol. The summed E-state index contributed by atoms with van der Waals surface area (Å²) in [5.41, 5.74) is 6.49. The zero-order valence-electron chi connectivity index (χ0n) is 9.55. The fourth-order valence-corrected chi connectivity index (χ4v) is 1.95. The number of rotatable bonds is 5. The van der Waals surface area contributed by atoms with Gasteiger partial charge in [-0.15, -0.1) is 6.58 Å². The minimum atomic E-state index is -0.312. The van der Waals surface area contributed by atoms with E-state index in [9.17, 15) is 4.79 Å². The third kappa shape index (κ3) is 3.14. The van der Waals surface area contributed by atoms with Crippen LogP contribution in [0, 0.1) is 5.41 Å². The highest BCUT2D eigenvalue weighted by atomic mass is 16.5. The first-order valence-corrected chi connectivity index (χ1v) is 5.56. The van der Waals surface area contributed by atoms with E-state index in [1.807, 2.05) is 6.92 Å². The number of ketones is 1. The van der Waals surface area contributed by atoms with Crippen molar-refractivity contribution in [1.82, 2.24) is 0 Å². The average Bonchev–Trinajstić information content (AvgIpc) is 2.26. The van der Waals surface area contributed by atoms with E-state index in [0.29, 0.717) is 26.2 Å². The van der Waals surface area contributed by atoms with Crippen molar-refractivity contribution in [1.29, 1.82) is 0 Å². The van der Waals surface area contributed by atoms with Crippen molar-refractivity contribution >= 4 is 5.78 Å². The Hall–Kier alpha value is -0.670. The maximum atomic E-state index is 12.1. The molecule has 0 aliphatic carbocycles. The SMILES string of the molecule is C=C(C)CCC(=O)C1(CN)CCOCC1. The van der Waals surface area contributed by atoms with Crippen LogP contribution in [0.4, 0.5) is 0 Å². The van der Waals surface area contributed by atoms with Gasteiger partial charge in [0.1, 0.15) is 5.78 Å². The molecule has 3 heteroatoms. The quantitative estimate of drug-likeness (QED) is 0.704. The number of hydrogen-bond donors (Lipinski definition) is 1. The van der Waals surface area contributed by atoms with Crippen LogP contribution in [-0.4, -0.2) is 25.5 Å². The third-order valence-electron chi connectivity index (χ3n) is 3.21. The summed E-state index contributed by atoms with van der Waals surface area (Å²) in [6.07, 6.45) is 2.91. The van der Waals surface area contributed by atoms with Gasteiger partial charge in [-0.2, -0.15) is 0 Å². The lowest BCUT2D eigenvalue weighted by Gasteiger charge is -2.34. The van der Waals surface area contributed by atoms with Gasteiger partial charge < -0.3 is 10.5 Å². The van der Waals surface area contributed by atoms with Crippen molar-refractivity contribution in [3.8, 4) is 0 Å². The molecule has 0 atom stereocenters. The molecule has 86 valence electrons. The lowest BCUT2D eigenvalue weighted by Crippen LogP contribution is -2.43. The largest absolute Gasteiger partial charge is 0.381 e. The van der Waals surface area contributed by atoms with Gasteiger partial charge in [0.15, 0.2) is 0 Å². The van der Waals surface area contributed by atoms with Crippen LogP contribution in [0.1, 0.15) is 32.6 Å². The fourth-order valence-electron chi connectivity index (χ4n) is 1.95. The summed E-state index contributed by atoms with van der Waals surface area (Å²) < 4.78 is 5.28. The second kappa shape index (κ2) is 5.42. The molecule has 1 saturated heterocycles. The molecule has 0 saturated carbocycles. The summed E-state index contributed by atoms with van der Waals surface area (Å²) >= 11 is 0. The van der Waals surface area contributed by atoms with Crippen LogP contribution in [0.15, 0.2) is 12.2 Å². The molecule has 0 aromatic carbocycles. The number of ether oxygens (including phenoxy) is 1. The molecule has 0 amide bonds. The topological polar surface area (TPSA) is 52.3 Å². The summed E-state index contributed by atoms with van der Waals surface area (Å²) in [6.45, 7) is 7.54. The van der Waals surface area contributed by atoms with Crippen LogP contribution in [0.3, 0.4) is 0 Å². The lowest BCUT2D eigenvalue weighted by molar-refractivity contribution is -0.133. The van der Waals surface area contributed by atoms with Gasteiger partial charge in [0.2, 0.25) is 0 Å². The highest BCUT2D eigenvalue weighted by Gasteiger charge is 2.37. The summed E-state index contributed by atoms with van der Waals surface area (Å²) in [5.74, 6) is 0.288. The van der Waals surface area contributed by atoms with E-state index in [1.165, 1.54) is 0 Å². The van der Waals surface area contributed by atoms with E-state index in [0.717, 1.165) is 24.8 Å². The Balaban J connectivity index is 2.55. The van der Waals surface area contributed by atoms with Gasteiger partial charge in [0.25, 0.3) is 0 Å². The molecule has 1 heterocycles. The molecular formula is C12H21NO2. The number of Topliss-reactive ketones (excluding diaryl/α,β-unsaturated/α-hetero) is 1. The third-order valence-corrected chi connectivity index (χ3v) is 3.21. The minimum Gasteiger partial charge on any atom is -0.381 e. The summed E-state index contributed by atoms with van der Waals surface area (Å²) in [5, 5.41) is 0. The molecule has 0 bridgehead atoms.